The summed E-state index contributed by atoms with van der Waals surface area (Å²) in [5.74, 6) is 0.0230. The number of ketones is 1. The maximum Gasteiger partial charge on any atom is 0.365 e. The van der Waals surface area contributed by atoms with Crippen molar-refractivity contribution in [3.8, 4) is 11.1 Å². The summed E-state index contributed by atoms with van der Waals surface area (Å²) >= 11 is 1.26. The van der Waals surface area contributed by atoms with E-state index in [2.05, 4.69) is 0 Å². The predicted molar refractivity (Wildman–Crippen MR) is 126 cm³/mol. The first-order valence-electron chi connectivity index (χ1n) is 10.0. The maximum atomic E-state index is 12.8. The zero-order valence-electron chi connectivity index (χ0n) is 17.1. The van der Waals surface area contributed by atoms with Crippen LogP contribution < -0.4 is 11.2 Å². The van der Waals surface area contributed by atoms with Gasteiger partial charge >= 0.3 is 11.2 Å². The van der Waals surface area contributed by atoms with Crippen LogP contribution in [0.15, 0.2) is 82.4 Å². The van der Waals surface area contributed by atoms with Gasteiger partial charge in [0, 0.05) is 15.6 Å². The summed E-state index contributed by atoms with van der Waals surface area (Å²) in [7, 11) is 0. The smallest absolute Gasteiger partial charge is 0.365 e. The predicted octanol–water partition coefficient (Wildman–Crippen LogP) is 4.53. The lowest BCUT2D eigenvalue weighted by Crippen LogP contribution is -2.38. The Bertz CT molecular complexity index is 1610. The molecule has 0 atom stereocenters. The molecule has 0 aliphatic rings. The molecule has 0 aliphatic heterocycles. The monoisotopic (exact) mass is 442 g/mol. The molecule has 32 heavy (non-hydrogen) atoms. The van der Waals surface area contributed by atoms with E-state index >= 15 is 0 Å². The van der Waals surface area contributed by atoms with Crippen molar-refractivity contribution in [2.45, 2.75) is 13.5 Å². The van der Waals surface area contributed by atoms with Crippen LogP contribution in [0.3, 0.4) is 0 Å². The zero-order chi connectivity index (χ0) is 22.4. The molecule has 0 spiro atoms. The molecule has 0 amide bonds. The molecule has 3 aromatic carbocycles. The van der Waals surface area contributed by atoms with Gasteiger partial charge in [0.2, 0.25) is 0 Å². The summed E-state index contributed by atoms with van der Waals surface area (Å²) in [6.07, 6.45) is 0. The topological polar surface area (TPSA) is 81.3 Å². The number of rotatable bonds is 4. The standard InChI is InChI=1S/C25H18N2O4S/c1-15(28)17-10-12-19(13-11-17)18-8-6-16(7-9-18)14-26-22-20-4-2-3-5-21(20)32-23(22)24(29)27(31)25(26)30/h2-13,31H,14H2,1H3. The van der Waals surface area contributed by atoms with Crippen molar-refractivity contribution in [2.75, 3.05) is 0 Å². The molecule has 0 saturated carbocycles. The minimum absolute atomic E-state index is 0.0230. The molecule has 0 aliphatic carbocycles. The van der Waals surface area contributed by atoms with Crippen LogP contribution in [-0.4, -0.2) is 20.3 Å². The maximum absolute atomic E-state index is 12.8. The minimum atomic E-state index is -0.769. The Morgan fingerprint density at radius 3 is 2.19 bits per heavy atom. The van der Waals surface area contributed by atoms with E-state index in [1.54, 1.807) is 12.1 Å². The third-order valence-electron chi connectivity index (χ3n) is 5.56. The van der Waals surface area contributed by atoms with Crippen molar-refractivity contribution in [1.82, 2.24) is 9.30 Å². The Hall–Kier alpha value is -3.97. The third-order valence-corrected chi connectivity index (χ3v) is 6.71. The Labute approximate surface area is 186 Å². The van der Waals surface area contributed by atoms with E-state index in [0.29, 0.717) is 15.8 Å². The number of nitrogens with zero attached hydrogens (tertiary/aromatic N) is 2. The second-order valence-electron chi connectivity index (χ2n) is 7.59. The van der Waals surface area contributed by atoms with E-state index < -0.39 is 11.2 Å². The Kier molecular flexibility index (Phi) is 4.75. The molecular formula is C25H18N2O4S. The number of carbonyl (C=O) groups is 1. The normalized spacial score (nSPS) is 11.3. The molecule has 5 rings (SSSR count). The largest absolute Gasteiger partial charge is 0.421 e. The first-order valence-corrected chi connectivity index (χ1v) is 10.8. The Morgan fingerprint density at radius 2 is 1.53 bits per heavy atom. The molecule has 0 unspecified atom stereocenters. The molecule has 5 aromatic rings. The van der Waals surface area contributed by atoms with Gasteiger partial charge in [0.25, 0.3) is 0 Å². The summed E-state index contributed by atoms with van der Waals surface area (Å²) in [4.78, 5) is 36.7. The average Bonchev–Trinajstić information content (AvgIpc) is 3.20. The lowest BCUT2D eigenvalue weighted by atomic mass is 10.0. The summed E-state index contributed by atoms with van der Waals surface area (Å²) < 4.78 is 2.84. The fourth-order valence-corrected chi connectivity index (χ4v) is 5.00. The van der Waals surface area contributed by atoms with Gasteiger partial charge in [-0.1, -0.05) is 71.5 Å². The quantitative estimate of drug-likeness (QED) is 0.327. The van der Waals surface area contributed by atoms with Gasteiger partial charge in [0.15, 0.2) is 5.78 Å². The number of fused-ring (bicyclic) bond motifs is 3. The van der Waals surface area contributed by atoms with Gasteiger partial charge in [-0.15, -0.1) is 11.3 Å². The lowest BCUT2D eigenvalue weighted by Gasteiger charge is -2.10. The minimum Gasteiger partial charge on any atom is -0.421 e. The highest BCUT2D eigenvalue weighted by Gasteiger charge is 2.18. The van der Waals surface area contributed by atoms with Crippen LogP contribution in [0.2, 0.25) is 0 Å². The van der Waals surface area contributed by atoms with Crippen molar-refractivity contribution in [3.05, 3.63) is 105 Å². The molecule has 2 aromatic heterocycles. The summed E-state index contributed by atoms with van der Waals surface area (Å²) in [6.45, 7) is 1.75. The van der Waals surface area contributed by atoms with E-state index in [4.69, 9.17) is 0 Å². The first-order chi connectivity index (χ1) is 15.4. The number of benzene rings is 3. The molecule has 2 heterocycles. The fourth-order valence-electron chi connectivity index (χ4n) is 3.87. The second-order valence-corrected chi connectivity index (χ2v) is 8.64. The van der Waals surface area contributed by atoms with E-state index in [1.807, 2.05) is 60.7 Å². The van der Waals surface area contributed by atoms with Crippen LogP contribution in [-0.2, 0) is 6.54 Å². The Morgan fingerprint density at radius 1 is 0.906 bits per heavy atom. The van der Waals surface area contributed by atoms with E-state index in [-0.39, 0.29) is 17.1 Å². The van der Waals surface area contributed by atoms with E-state index in [9.17, 15) is 19.6 Å². The SMILES string of the molecule is CC(=O)c1ccc(-c2ccc(Cn3c(=O)n(O)c(=O)c4sc5ccccc5c43)cc2)cc1. The summed E-state index contributed by atoms with van der Waals surface area (Å²) in [5, 5.41) is 10.9. The number of hydrogen-bond acceptors (Lipinski definition) is 5. The molecule has 0 saturated heterocycles. The van der Waals surface area contributed by atoms with Gasteiger partial charge < -0.3 is 5.21 Å². The average molecular weight is 442 g/mol. The van der Waals surface area contributed by atoms with Crippen molar-refractivity contribution in [2.24, 2.45) is 0 Å². The van der Waals surface area contributed by atoms with E-state index in [0.717, 1.165) is 26.8 Å². The highest BCUT2D eigenvalue weighted by atomic mass is 32.1. The van der Waals surface area contributed by atoms with Crippen LogP contribution in [0.4, 0.5) is 0 Å². The highest BCUT2D eigenvalue weighted by molar-refractivity contribution is 7.25. The van der Waals surface area contributed by atoms with Crippen LogP contribution in [0.25, 0.3) is 31.4 Å². The van der Waals surface area contributed by atoms with Gasteiger partial charge in [-0.3, -0.25) is 14.2 Å². The highest BCUT2D eigenvalue weighted by Crippen LogP contribution is 2.31. The van der Waals surface area contributed by atoms with Crippen molar-refractivity contribution in [3.63, 3.8) is 0 Å². The van der Waals surface area contributed by atoms with Crippen LogP contribution in [0.5, 0.6) is 0 Å². The molecule has 0 fully saturated rings. The summed E-state index contributed by atoms with van der Waals surface area (Å²) in [6, 6.07) is 22.6. The molecule has 0 radical (unpaired) electrons. The number of aromatic nitrogens is 2. The molecule has 6 nitrogen and oxygen atoms in total. The molecular weight excluding hydrogens is 424 g/mol. The van der Waals surface area contributed by atoms with Crippen molar-refractivity contribution >= 4 is 37.4 Å². The molecule has 0 bridgehead atoms. The number of carbonyl (C=O) groups excluding carboxylic acids is 1. The molecule has 1 N–H and O–H groups in total. The molecule has 158 valence electrons. The van der Waals surface area contributed by atoms with Gasteiger partial charge in [-0.05, 0) is 29.7 Å². The fraction of sp³-hybridized carbons (Fsp3) is 0.0800. The lowest BCUT2D eigenvalue weighted by molar-refractivity contribution is 0.101. The van der Waals surface area contributed by atoms with Gasteiger partial charge in [0.1, 0.15) is 4.70 Å². The van der Waals surface area contributed by atoms with Crippen LogP contribution in [0, 0.1) is 0 Å². The number of Topliss-reactive ketones (excluding diaryl/α,β-unsaturated/α-hetero) is 1. The molecule has 7 heteroatoms. The first kappa shape index (κ1) is 20.0. The Balaban J connectivity index is 1.57. The van der Waals surface area contributed by atoms with Crippen molar-refractivity contribution < 1.29 is 10.0 Å². The van der Waals surface area contributed by atoms with Gasteiger partial charge in [-0.25, -0.2) is 4.79 Å². The van der Waals surface area contributed by atoms with Crippen molar-refractivity contribution in [1.29, 1.82) is 0 Å². The third kappa shape index (κ3) is 3.23. The van der Waals surface area contributed by atoms with Gasteiger partial charge in [0.05, 0.1) is 12.1 Å². The van der Waals surface area contributed by atoms with Crippen LogP contribution in [0.1, 0.15) is 22.8 Å². The number of hydrogen-bond donors (Lipinski definition) is 1. The van der Waals surface area contributed by atoms with Crippen LogP contribution >= 0.6 is 11.3 Å². The number of thiophene rings is 1. The van der Waals surface area contributed by atoms with E-state index in [1.165, 1.54) is 22.8 Å². The van der Waals surface area contributed by atoms with Gasteiger partial charge in [-0.2, -0.15) is 0 Å². The summed E-state index contributed by atoms with van der Waals surface area (Å²) in [5.41, 5.74) is 2.54. The second kappa shape index (κ2) is 7.62. The zero-order valence-corrected chi connectivity index (χ0v) is 17.9.